The van der Waals surface area contributed by atoms with Gasteiger partial charge in [-0.3, -0.25) is 25.0 Å². The molecule has 33 heavy (non-hydrogen) atoms. The summed E-state index contributed by atoms with van der Waals surface area (Å²) in [7, 11) is 0. The van der Waals surface area contributed by atoms with Gasteiger partial charge in [-0.25, -0.2) is 0 Å². The number of phenolic OH excluding ortho intramolecular Hbond substituents is 1. The summed E-state index contributed by atoms with van der Waals surface area (Å²) >= 11 is 1.12. The van der Waals surface area contributed by atoms with Gasteiger partial charge in [0.1, 0.15) is 10.8 Å². The number of carbonyl (C=O) groups excluding carboxylic acids is 2. The zero-order chi connectivity index (χ0) is 23.4. The van der Waals surface area contributed by atoms with E-state index in [-0.39, 0.29) is 27.7 Å². The van der Waals surface area contributed by atoms with E-state index < -0.39 is 16.7 Å². The fraction of sp³-hybridized carbons (Fsp3) is 0. The number of aromatic nitrogens is 2. The average Bonchev–Trinajstić information content (AvgIpc) is 3.28. The lowest BCUT2D eigenvalue weighted by Crippen LogP contribution is -2.14. The van der Waals surface area contributed by atoms with Crippen molar-refractivity contribution in [2.75, 3.05) is 10.6 Å². The van der Waals surface area contributed by atoms with Gasteiger partial charge in [0.15, 0.2) is 0 Å². The summed E-state index contributed by atoms with van der Waals surface area (Å²) < 4.78 is 0. The number of amides is 2. The number of nitrogens with one attached hydrogen (secondary N) is 2. The Labute approximate surface area is 190 Å². The van der Waals surface area contributed by atoms with Crippen LogP contribution >= 0.6 is 11.3 Å². The number of nitro groups is 1. The zero-order valence-corrected chi connectivity index (χ0v) is 17.6. The first-order valence-corrected chi connectivity index (χ1v) is 10.3. The van der Waals surface area contributed by atoms with Crippen molar-refractivity contribution >= 4 is 39.7 Å². The van der Waals surface area contributed by atoms with Crippen LogP contribution in [0.15, 0.2) is 72.8 Å². The number of nitro benzene ring substituents is 1. The molecular weight excluding hydrogens is 446 g/mol. The number of nitrogens with zero attached hydrogens (tertiary/aromatic N) is 3. The van der Waals surface area contributed by atoms with Crippen molar-refractivity contribution in [3.8, 4) is 16.3 Å². The second kappa shape index (κ2) is 9.24. The Morgan fingerprint density at radius 3 is 2.39 bits per heavy atom. The monoisotopic (exact) mass is 461 g/mol. The molecule has 1 aromatic heterocycles. The van der Waals surface area contributed by atoms with Crippen LogP contribution in [0, 0.1) is 10.1 Å². The van der Waals surface area contributed by atoms with Crippen molar-refractivity contribution in [3.63, 3.8) is 0 Å². The Kier molecular flexibility index (Phi) is 6.04. The van der Waals surface area contributed by atoms with Crippen LogP contribution in [0.4, 0.5) is 16.5 Å². The molecule has 0 aliphatic heterocycles. The highest BCUT2D eigenvalue weighted by Gasteiger charge is 2.15. The molecule has 0 atom stereocenters. The van der Waals surface area contributed by atoms with Crippen LogP contribution in [0.25, 0.3) is 10.6 Å². The van der Waals surface area contributed by atoms with Crippen LogP contribution < -0.4 is 10.6 Å². The molecule has 0 unspecified atom stereocenters. The van der Waals surface area contributed by atoms with Crippen molar-refractivity contribution in [3.05, 3.63) is 94.0 Å². The maximum atomic E-state index is 12.6. The molecule has 4 rings (SSSR count). The van der Waals surface area contributed by atoms with E-state index in [9.17, 15) is 24.8 Å². The van der Waals surface area contributed by atoms with Gasteiger partial charge >= 0.3 is 0 Å². The number of phenols is 1. The molecule has 0 fully saturated rings. The summed E-state index contributed by atoms with van der Waals surface area (Å²) in [5, 5.41) is 34.6. The summed E-state index contributed by atoms with van der Waals surface area (Å²) in [6.07, 6.45) is 0. The summed E-state index contributed by atoms with van der Waals surface area (Å²) in [6, 6.07) is 18.3. The molecule has 0 saturated heterocycles. The lowest BCUT2D eigenvalue weighted by atomic mass is 10.1. The van der Waals surface area contributed by atoms with E-state index in [2.05, 4.69) is 20.8 Å². The van der Waals surface area contributed by atoms with E-state index in [1.165, 1.54) is 30.3 Å². The van der Waals surface area contributed by atoms with E-state index in [1.54, 1.807) is 42.5 Å². The molecule has 0 aliphatic carbocycles. The van der Waals surface area contributed by atoms with Gasteiger partial charge in [-0.15, -0.1) is 10.2 Å². The predicted octanol–water partition coefficient (Wildman–Crippen LogP) is 4.32. The van der Waals surface area contributed by atoms with E-state index in [0.29, 0.717) is 16.3 Å². The molecule has 4 aromatic rings. The molecule has 0 aliphatic rings. The summed E-state index contributed by atoms with van der Waals surface area (Å²) in [5.74, 6) is -1.12. The van der Waals surface area contributed by atoms with Crippen molar-refractivity contribution in [2.45, 2.75) is 0 Å². The number of non-ortho nitro benzene ring substituents is 1. The molecule has 10 nitrogen and oxygen atoms in total. The second-order valence-corrected chi connectivity index (χ2v) is 7.70. The maximum absolute atomic E-state index is 12.6. The van der Waals surface area contributed by atoms with E-state index in [4.69, 9.17) is 0 Å². The Hall–Kier alpha value is -4.64. The van der Waals surface area contributed by atoms with Gasteiger partial charge in [0.25, 0.3) is 17.5 Å². The largest absolute Gasteiger partial charge is 0.507 e. The van der Waals surface area contributed by atoms with Crippen molar-refractivity contribution < 1.29 is 19.6 Å². The SMILES string of the molecule is O=C(Nc1nnc(-c2ccc([N+](=O)[O-])cc2)s1)c1cccc(NC(=O)c2ccccc2O)c1. The van der Waals surface area contributed by atoms with Crippen LogP contribution in [0.1, 0.15) is 20.7 Å². The van der Waals surface area contributed by atoms with Gasteiger partial charge in [0.05, 0.1) is 10.5 Å². The van der Waals surface area contributed by atoms with E-state index in [0.717, 1.165) is 11.3 Å². The van der Waals surface area contributed by atoms with Crippen molar-refractivity contribution in [1.29, 1.82) is 0 Å². The smallest absolute Gasteiger partial charge is 0.269 e. The fourth-order valence-corrected chi connectivity index (χ4v) is 3.63. The van der Waals surface area contributed by atoms with Gasteiger partial charge in [0.2, 0.25) is 5.13 Å². The molecule has 3 aromatic carbocycles. The third-order valence-corrected chi connectivity index (χ3v) is 5.39. The minimum Gasteiger partial charge on any atom is -0.507 e. The van der Waals surface area contributed by atoms with Crippen LogP contribution in [0.2, 0.25) is 0 Å². The quantitative estimate of drug-likeness (QED) is 0.286. The summed E-state index contributed by atoms with van der Waals surface area (Å²) in [4.78, 5) is 35.3. The first-order valence-electron chi connectivity index (χ1n) is 9.50. The Bertz CT molecular complexity index is 1350. The maximum Gasteiger partial charge on any atom is 0.269 e. The number of para-hydroxylation sites is 1. The number of anilines is 2. The number of hydrogen-bond acceptors (Lipinski definition) is 8. The molecule has 0 radical (unpaired) electrons. The lowest BCUT2D eigenvalue weighted by Gasteiger charge is -2.08. The van der Waals surface area contributed by atoms with Crippen LogP contribution in [-0.2, 0) is 0 Å². The number of aromatic hydroxyl groups is 1. The summed E-state index contributed by atoms with van der Waals surface area (Å²) in [6.45, 7) is 0. The van der Waals surface area contributed by atoms with Gasteiger partial charge in [0, 0.05) is 28.9 Å². The highest BCUT2D eigenvalue weighted by atomic mass is 32.1. The highest BCUT2D eigenvalue weighted by Crippen LogP contribution is 2.28. The molecule has 3 N–H and O–H groups in total. The topological polar surface area (TPSA) is 147 Å². The molecular formula is C22H15N5O5S. The van der Waals surface area contributed by atoms with Crippen LogP contribution in [-0.4, -0.2) is 32.0 Å². The third-order valence-electron chi connectivity index (χ3n) is 4.50. The average molecular weight is 461 g/mol. The molecule has 0 bridgehead atoms. The number of carbonyl (C=O) groups is 2. The van der Waals surface area contributed by atoms with Crippen molar-refractivity contribution in [2.24, 2.45) is 0 Å². The highest BCUT2D eigenvalue weighted by molar-refractivity contribution is 7.18. The first-order chi connectivity index (χ1) is 15.9. The zero-order valence-electron chi connectivity index (χ0n) is 16.8. The lowest BCUT2D eigenvalue weighted by molar-refractivity contribution is -0.384. The second-order valence-electron chi connectivity index (χ2n) is 6.72. The van der Waals surface area contributed by atoms with Gasteiger partial charge in [-0.1, -0.05) is 29.5 Å². The molecule has 0 saturated carbocycles. The number of benzene rings is 3. The fourth-order valence-electron chi connectivity index (χ4n) is 2.89. The minimum atomic E-state index is -0.512. The first kappa shape index (κ1) is 21.6. The number of rotatable bonds is 6. The predicted molar refractivity (Wildman–Crippen MR) is 122 cm³/mol. The van der Waals surface area contributed by atoms with Crippen LogP contribution in [0.3, 0.4) is 0 Å². The Morgan fingerprint density at radius 2 is 1.67 bits per heavy atom. The normalized spacial score (nSPS) is 10.4. The van der Waals surface area contributed by atoms with E-state index in [1.807, 2.05) is 0 Å². The van der Waals surface area contributed by atoms with Gasteiger partial charge in [-0.2, -0.15) is 0 Å². The molecule has 1 heterocycles. The molecule has 164 valence electrons. The third kappa shape index (κ3) is 4.99. The molecule has 0 spiro atoms. The summed E-state index contributed by atoms with van der Waals surface area (Å²) in [5.41, 5.74) is 1.36. The van der Waals surface area contributed by atoms with Gasteiger partial charge in [-0.05, 0) is 42.5 Å². The molecule has 11 heteroatoms. The Balaban J connectivity index is 1.44. The standard InChI is InChI=1S/C22H15N5O5S/c28-18-7-2-1-6-17(18)20(30)23-15-5-3-4-14(12-15)19(29)24-22-26-25-21(33-22)13-8-10-16(11-9-13)27(31)32/h1-12,28H,(H,23,30)(H,24,26,29). The van der Waals surface area contributed by atoms with Crippen molar-refractivity contribution in [1.82, 2.24) is 10.2 Å². The van der Waals surface area contributed by atoms with E-state index >= 15 is 0 Å². The van der Waals surface area contributed by atoms with Crippen LogP contribution in [0.5, 0.6) is 5.75 Å². The molecule has 2 amide bonds. The minimum absolute atomic E-state index is 0.0359. The number of hydrogen-bond donors (Lipinski definition) is 3. The Morgan fingerprint density at radius 1 is 0.909 bits per heavy atom. The van der Waals surface area contributed by atoms with Gasteiger partial charge < -0.3 is 10.4 Å².